The highest BCUT2D eigenvalue weighted by molar-refractivity contribution is 6.06. The summed E-state index contributed by atoms with van der Waals surface area (Å²) in [5.41, 5.74) is 14.1. The molecule has 0 saturated carbocycles. The molecule has 7 aromatic carbocycles. The van der Waals surface area contributed by atoms with Crippen LogP contribution in [0.4, 0.5) is 11.4 Å². The Labute approximate surface area is 266 Å². The summed E-state index contributed by atoms with van der Waals surface area (Å²) in [7, 11) is 0. The largest absolute Gasteiger partial charge is 0.337 e. The van der Waals surface area contributed by atoms with E-state index in [4.69, 9.17) is 0 Å². The Kier molecular flexibility index (Phi) is 6.61. The molecule has 0 N–H and O–H groups in total. The first kappa shape index (κ1) is 27.2. The van der Waals surface area contributed by atoms with Crippen molar-refractivity contribution in [3.05, 3.63) is 180 Å². The number of hydrogen-bond acceptors (Lipinski definition) is 1. The second-order valence-electron chi connectivity index (χ2n) is 12.6. The number of fused-ring (bicyclic) bond motifs is 5. The number of hydrogen-bond donors (Lipinski definition) is 0. The zero-order valence-corrected chi connectivity index (χ0v) is 25.7. The highest BCUT2D eigenvalue weighted by Crippen LogP contribution is 2.54. The molecule has 0 radical (unpaired) electrons. The average molecular weight is 578 g/mol. The maximum Gasteiger partial charge on any atom is 0.0487 e. The minimum absolute atomic E-state index is 0.116. The summed E-state index contributed by atoms with van der Waals surface area (Å²) < 4.78 is 0. The maximum absolute atomic E-state index is 2.46. The normalized spacial score (nSPS) is 12.9. The molecule has 1 nitrogen and oxygen atoms in total. The van der Waals surface area contributed by atoms with Gasteiger partial charge < -0.3 is 4.90 Å². The summed E-state index contributed by atoms with van der Waals surface area (Å²) in [6.07, 6.45) is 0. The van der Waals surface area contributed by atoms with Gasteiger partial charge in [-0.3, -0.25) is 0 Å². The molecule has 0 spiro atoms. The van der Waals surface area contributed by atoms with Gasteiger partial charge in [-0.25, -0.2) is 0 Å². The fraction of sp³-hybridized carbons (Fsp3) is 0.0909. The minimum Gasteiger partial charge on any atom is -0.337 e. The van der Waals surface area contributed by atoms with E-state index in [0.29, 0.717) is 0 Å². The van der Waals surface area contributed by atoms with Gasteiger partial charge >= 0.3 is 0 Å². The molecular weight excluding hydrogens is 542 g/mol. The van der Waals surface area contributed by atoms with Gasteiger partial charge in [0.2, 0.25) is 0 Å². The van der Waals surface area contributed by atoms with E-state index in [0.717, 1.165) is 6.54 Å². The van der Waals surface area contributed by atoms with Crippen LogP contribution in [0, 0.1) is 0 Å². The van der Waals surface area contributed by atoms with Crippen molar-refractivity contribution in [3.63, 3.8) is 0 Å². The number of benzene rings is 7. The van der Waals surface area contributed by atoms with Crippen LogP contribution in [-0.2, 0) is 12.0 Å². The second-order valence-corrected chi connectivity index (χ2v) is 12.6. The van der Waals surface area contributed by atoms with Crippen LogP contribution in [0.1, 0.15) is 30.5 Å². The maximum atomic E-state index is 2.46. The third kappa shape index (κ3) is 4.64. The second kappa shape index (κ2) is 10.9. The topological polar surface area (TPSA) is 3.24 Å². The lowest BCUT2D eigenvalue weighted by molar-refractivity contribution is 0.666. The fourth-order valence-electron chi connectivity index (χ4n) is 7.39. The Morgan fingerprint density at radius 3 is 1.73 bits per heavy atom. The van der Waals surface area contributed by atoms with Crippen molar-refractivity contribution in [3.8, 4) is 33.4 Å². The third-order valence-corrected chi connectivity index (χ3v) is 9.53. The van der Waals surface area contributed by atoms with Crippen molar-refractivity contribution >= 4 is 22.1 Å². The molecule has 0 fully saturated rings. The van der Waals surface area contributed by atoms with Crippen molar-refractivity contribution < 1.29 is 0 Å². The minimum atomic E-state index is -0.116. The standard InChI is InChI=1S/C44H35N/c1-44(2)42-27-26-35(28-40(42)41-29-39(32-18-8-4-9-19-32)37-24-14-15-25-38(37)43(41)44)45(34-21-10-5-11-22-34)30-33-20-12-13-23-36(33)31-16-6-3-7-17-31/h3-29H,30H2,1-2H3. The molecule has 1 heteroatoms. The van der Waals surface area contributed by atoms with Crippen LogP contribution in [0.5, 0.6) is 0 Å². The van der Waals surface area contributed by atoms with E-state index < -0.39 is 0 Å². The van der Waals surface area contributed by atoms with Crippen molar-refractivity contribution in [1.82, 2.24) is 0 Å². The molecule has 0 saturated heterocycles. The van der Waals surface area contributed by atoms with Gasteiger partial charge in [0.1, 0.15) is 0 Å². The van der Waals surface area contributed by atoms with Gasteiger partial charge in [0.25, 0.3) is 0 Å². The van der Waals surface area contributed by atoms with Crippen molar-refractivity contribution in [2.45, 2.75) is 25.8 Å². The molecule has 0 atom stereocenters. The van der Waals surface area contributed by atoms with E-state index in [2.05, 4.69) is 183 Å². The lowest BCUT2D eigenvalue weighted by Crippen LogP contribution is -2.18. The van der Waals surface area contributed by atoms with Crippen LogP contribution in [-0.4, -0.2) is 0 Å². The third-order valence-electron chi connectivity index (χ3n) is 9.53. The molecule has 0 heterocycles. The zero-order chi connectivity index (χ0) is 30.4. The molecule has 45 heavy (non-hydrogen) atoms. The van der Waals surface area contributed by atoms with E-state index >= 15 is 0 Å². The first-order valence-corrected chi connectivity index (χ1v) is 15.8. The van der Waals surface area contributed by atoms with E-state index in [1.54, 1.807) is 0 Å². The Bertz CT molecular complexity index is 2140. The van der Waals surface area contributed by atoms with Crippen molar-refractivity contribution in [2.75, 3.05) is 4.90 Å². The summed E-state index contributed by atoms with van der Waals surface area (Å²) in [5, 5.41) is 2.65. The summed E-state index contributed by atoms with van der Waals surface area (Å²) in [5.74, 6) is 0. The van der Waals surface area contributed by atoms with Gasteiger partial charge in [-0.05, 0) is 91.2 Å². The molecule has 1 aliphatic carbocycles. The summed E-state index contributed by atoms with van der Waals surface area (Å²) in [6, 6.07) is 59.7. The van der Waals surface area contributed by atoms with E-state index in [9.17, 15) is 0 Å². The van der Waals surface area contributed by atoms with Gasteiger partial charge in [0.05, 0.1) is 0 Å². The first-order chi connectivity index (χ1) is 22.1. The van der Waals surface area contributed by atoms with Crippen molar-refractivity contribution in [2.24, 2.45) is 0 Å². The number of rotatable bonds is 6. The van der Waals surface area contributed by atoms with Crippen LogP contribution in [0.15, 0.2) is 164 Å². The molecule has 0 aliphatic heterocycles. The molecule has 0 unspecified atom stereocenters. The summed E-state index contributed by atoms with van der Waals surface area (Å²) in [6.45, 7) is 5.53. The van der Waals surface area contributed by atoms with E-state index in [1.165, 1.54) is 72.2 Å². The Hall–Kier alpha value is -5.40. The molecule has 0 amide bonds. The smallest absolute Gasteiger partial charge is 0.0487 e. The van der Waals surface area contributed by atoms with E-state index in [-0.39, 0.29) is 5.41 Å². The number of anilines is 2. The Morgan fingerprint density at radius 2 is 1.02 bits per heavy atom. The van der Waals surface area contributed by atoms with Crippen LogP contribution in [0.2, 0.25) is 0 Å². The van der Waals surface area contributed by atoms with Gasteiger partial charge in [-0.15, -0.1) is 0 Å². The molecule has 216 valence electrons. The predicted molar refractivity (Wildman–Crippen MR) is 191 cm³/mol. The average Bonchev–Trinajstić information content (AvgIpc) is 3.33. The highest BCUT2D eigenvalue weighted by Gasteiger charge is 2.38. The first-order valence-electron chi connectivity index (χ1n) is 15.8. The Morgan fingerprint density at radius 1 is 0.444 bits per heavy atom. The quantitative estimate of drug-likeness (QED) is 0.190. The molecular formula is C44H35N. The van der Waals surface area contributed by atoms with E-state index in [1.807, 2.05) is 0 Å². The predicted octanol–water partition coefficient (Wildman–Crippen LogP) is 11.8. The zero-order valence-electron chi connectivity index (χ0n) is 25.7. The Balaban J connectivity index is 1.31. The van der Waals surface area contributed by atoms with Crippen LogP contribution in [0.25, 0.3) is 44.2 Å². The molecule has 0 bridgehead atoms. The SMILES string of the molecule is CC1(C)c2ccc(N(Cc3ccccc3-c3ccccc3)c3ccccc3)cc2-c2cc(-c3ccccc3)c3ccccc3c21. The molecule has 1 aliphatic rings. The van der Waals surface area contributed by atoms with Gasteiger partial charge in [0, 0.05) is 23.3 Å². The number of nitrogens with zero attached hydrogens (tertiary/aromatic N) is 1. The van der Waals surface area contributed by atoms with Gasteiger partial charge in [-0.2, -0.15) is 0 Å². The lowest BCUT2D eigenvalue weighted by atomic mass is 9.79. The van der Waals surface area contributed by atoms with Crippen LogP contribution >= 0.6 is 0 Å². The molecule has 8 rings (SSSR count). The monoisotopic (exact) mass is 577 g/mol. The van der Waals surface area contributed by atoms with Crippen LogP contribution < -0.4 is 4.90 Å². The fourth-order valence-corrected chi connectivity index (χ4v) is 7.39. The van der Waals surface area contributed by atoms with Gasteiger partial charge in [-0.1, -0.05) is 147 Å². The van der Waals surface area contributed by atoms with Crippen LogP contribution in [0.3, 0.4) is 0 Å². The molecule has 0 aromatic heterocycles. The molecule has 7 aromatic rings. The number of para-hydroxylation sites is 1. The lowest BCUT2D eigenvalue weighted by Gasteiger charge is -2.28. The van der Waals surface area contributed by atoms with Crippen molar-refractivity contribution in [1.29, 1.82) is 0 Å². The highest BCUT2D eigenvalue weighted by atomic mass is 15.1. The summed E-state index contributed by atoms with van der Waals surface area (Å²) >= 11 is 0. The summed E-state index contributed by atoms with van der Waals surface area (Å²) in [4.78, 5) is 2.46. The van der Waals surface area contributed by atoms with Gasteiger partial charge in [0.15, 0.2) is 0 Å².